The predicted octanol–water partition coefficient (Wildman–Crippen LogP) is 2.91. The number of carbonyl (C=O) groups excluding carboxylic acids is 1. The fraction of sp³-hybridized carbons (Fsp3) is 0.875. The summed E-state index contributed by atoms with van der Waals surface area (Å²) in [5.41, 5.74) is -0.753. The fourth-order valence-corrected chi connectivity index (χ4v) is 2.96. The summed E-state index contributed by atoms with van der Waals surface area (Å²) >= 11 is 0. The standard InChI is InChI=1S/C16H30N2O3/c1-6-16(14(19)20)7-8-17(11-16)15(21)18(9-12(2)3)10-13(4)5/h12-13H,6-11H2,1-5H3,(H,19,20). The number of nitrogens with zero attached hydrogens (tertiary/aromatic N) is 2. The Kier molecular flexibility index (Phi) is 6.05. The van der Waals surface area contributed by atoms with Crippen LogP contribution in [0.1, 0.15) is 47.5 Å². The molecule has 0 radical (unpaired) electrons. The van der Waals surface area contributed by atoms with Crippen LogP contribution in [0.25, 0.3) is 0 Å². The summed E-state index contributed by atoms with van der Waals surface area (Å²) in [5.74, 6) is 0.0380. The summed E-state index contributed by atoms with van der Waals surface area (Å²) in [6, 6.07) is -0.00558. The van der Waals surface area contributed by atoms with Crippen molar-refractivity contribution in [2.24, 2.45) is 17.3 Å². The molecular formula is C16H30N2O3. The average Bonchev–Trinajstić information content (AvgIpc) is 2.81. The van der Waals surface area contributed by atoms with Gasteiger partial charge in [-0.15, -0.1) is 0 Å². The number of carbonyl (C=O) groups is 2. The van der Waals surface area contributed by atoms with E-state index in [1.807, 2.05) is 11.8 Å². The summed E-state index contributed by atoms with van der Waals surface area (Å²) in [7, 11) is 0. The third kappa shape index (κ3) is 4.35. The van der Waals surface area contributed by atoms with E-state index < -0.39 is 11.4 Å². The first-order chi connectivity index (χ1) is 9.71. The number of hydrogen-bond acceptors (Lipinski definition) is 2. The Hall–Kier alpha value is -1.26. The molecule has 1 aliphatic heterocycles. The maximum absolute atomic E-state index is 12.7. The normalized spacial score (nSPS) is 22.1. The number of carboxylic acids is 1. The molecule has 1 saturated heterocycles. The van der Waals surface area contributed by atoms with Crippen molar-refractivity contribution in [2.45, 2.75) is 47.5 Å². The predicted molar refractivity (Wildman–Crippen MR) is 83.2 cm³/mol. The lowest BCUT2D eigenvalue weighted by molar-refractivity contribution is -0.148. The summed E-state index contributed by atoms with van der Waals surface area (Å²) in [6.07, 6.45) is 1.13. The first-order valence-corrected chi connectivity index (χ1v) is 7.99. The van der Waals surface area contributed by atoms with Gasteiger partial charge in [-0.3, -0.25) is 4.79 Å². The van der Waals surface area contributed by atoms with Gasteiger partial charge < -0.3 is 14.9 Å². The second-order valence-electron chi connectivity index (χ2n) is 7.09. The smallest absolute Gasteiger partial charge is 0.320 e. The number of hydrogen-bond donors (Lipinski definition) is 1. The number of urea groups is 1. The molecule has 1 fully saturated rings. The van der Waals surface area contributed by atoms with Crippen LogP contribution < -0.4 is 0 Å². The molecule has 0 aromatic carbocycles. The summed E-state index contributed by atoms with van der Waals surface area (Å²) in [4.78, 5) is 27.8. The van der Waals surface area contributed by atoms with Crippen molar-refractivity contribution in [3.8, 4) is 0 Å². The fourth-order valence-electron chi connectivity index (χ4n) is 2.96. The lowest BCUT2D eigenvalue weighted by Crippen LogP contribution is -2.46. The molecule has 0 aliphatic carbocycles. The van der Waals surface area contributed by atoms with Gasteiger partial charge in [-0.2, -0.15) is 0 Å². The van der Waals surface area contributed by atoms with E-state index >= 15 is 0 Å². The van der Waals surface area contributed by atoms with Crippen molar-refractivity contribution in [1.29, 1.82) is 0 Å². The van der Waals surface area contributed by atoms with Crippen LogP contribution >= 0.6 is 0 Å². The third-order valence-electron chi connectivity index (χ3n) is 4.20. The van der Waals surface area contributed by atoms with Gasteiger partial charge in [0.15, 0.2) is 0 Å². The van der Waals surface area contributed by atoms with E-state index in [4.69, 9.17) is 0 Å². The molecule has 5 heteroatoms. The lowest BCUT2D eigenvalue weighted by atomic mass is 9.84. The minimum Gasteiger partial charge on any atom is -0.481 e. The van der Waals surface area contributed by atoms with Crippen molar-refractivity contribution in [2.75, 3.05) is 26.2 Å². The Morgan fingerprint density at radius 2 is 1.71 bits per heavy atom. The number of rotatable bonds is 6. The van der Waals surface area contributed by atoms with Crippen LogP contribution in [0.5, 0.6) is 0 Å². The molecule has 1 N–H and O–H groups in total. The average molecular weight is 298 g/mol. The quantitative estimate of drug-likeness (QED) is 0.820. The number of likely N-dealkylation sites (tertiary alicyclic amines) is 1. The molecule has 0 bridgehead atoms. The molecule has 1 rings (SSSR count). The van der Waals surface area contributed by atoms with E-state index in [-0.39, 0.29) is 6.03 Å². The van der Waals surface area contributed by atoms with Crippen molar-refractivity contribution in [3.63, 3.8) is 0 Å². The lowest BCUT2D eigenvalue weighted by Gasteiger charge is -2.31. The van der Waals surface area contributed by atoms with Gasteiger partial charge in [0.2, 0.25) is 0 Å². The van der Waals surface area contributed by atoms with E-state index in [0.717, 1.165) is 13.1 Å². The minimum absolute atomic E-state index is 0.00558. The largest absolute Gasteiger partial charge is 0.481 e. The molecule has 0 aromatic heterocycles. The molecule has 2 amide bonds. The highest BCUT2D eigenvalue weighted by molar-refractivity contribution is 5.79. The Morgan fingerprint density at radius 3 is 2.05 bits per heavy atom. The highest BCUT2D eigenvalue weighted by Crippen LogP contribution is 2.34. The number of amides is 2. The molecule has 0 aromatic rings. The van der Waals surface area contributed by atoms with E-state index in [0.29, 0.717) is 37.8 Å². The van der Waals surface area contributed by atoms with Crippen molar-refractivity contribution in [1.82, 2.24) is 9.80 Å². The third-order valence-corrected chi connectivity index (χ3v) is 4.20. The van der Waals surface area contributed by atoms with Crippen LogP contribution in [-0.2, 0) is 4.79 Å². The van der Waals surface area contributed by atoms with E-state index in [1.54, 1.807) is 4.90 Å². The van der Waals surface area contributed by atoms with Crippen LogP contribution in [-0.4, -0.2) is 53.1 Å². The zero-order chi connectivity index (χ0) is 16.2. The van der Waals surface area contributed by atoms with Crippen LogP contribution in [0.15, 0.2) is 0 Å². The van der Waals surface area contributed by atoms with E-state index in [2.05, 4.69) is 27.7 Å². The van der Waals surface area contributed by atoms with Gasteiger partial charge in [-0.1, -0.05) is 34.6 Å². The molecule has 21 heavy (non-hydrogen) atoms. The first-order valence-electron chi connectivity index (χ1n) is 7.99. The number of aliphatic carboxylic acids is 1. The Bertz CT molecular complexity index is 372. The van der Waals surface area contributed by atoms with Crippen LogP contribution in [0, 0.1) is 17.3 Å². The Morgan fingerprint density at radius 1 is 1.19 bits per heavy atom. The molecule has 1 aliphatic rings. The molecular weight excluding hydrogens is 268 g/mol. The van der Waals surface area contributed by atoms with Gasteiger partial charge in [0.05, 0.1) is 5.41 Å². The second-order valence-corrected chi connectivity index (χ2v) is 7.09. The maximum atomic E-state index is 12.7. The van der Waals surface area contributed by atoms with Gasteiger partial charge in [-0.25, -0.2) is 4.79 Å². The highest BCUT2D eigenvalue weighted by atomic mass is 16.4. The second kappa shape index (κ2) is 7.14. The highest BCUT2D eigenvalue weighted by Gasteiger charge is 2.45. The topological polar surface area (TPSA) is 60.9 Å². The van der Waals surface area contributed by atoms with Crippen molar-refractivity contribution in [3.05, 3.63) is 0 Å². The molecule has 1 unspecified atom stereocenters. The van der Waals surface area contributed by atoms with Crippen LogP contribution in [0.4, 0.5) is 4.79 Å². The summed E-state index contributed by atoms with van der Waals surface area (Å²) in [6.45, 7) is 12.6. The van der Waals surface area contributed by atoms with Crippen LogP contribution in [0.2, 0.25) is 0 Å². The molecule has 122 valence electrons. The molecule has 0 spiro atoms. The number of carboxylic acid groups (broad SMARTS) is 1. The SMILES string of the molecule is CCC1(C(=O)O)CCN(C(=O)N(CC(C)C)CC(C)C)C1. The zero-order valence-electron chi connectivity index (χ0n) is 14.1. The van der Waals surface area contributed by atoms with Crippen molar-refractivity contribution < 1.29 is 14.7 Å². The van der Waals surface area contributed by atoms with E-state index in [1.165, 1.54) is 0 Å². The van der Waals surface area contributed by atoms with Gasteiger partial charge in [0.25, 0.3) is 0 Å². The van der Waals surface area contributed by atoms with Crippen LogP contribution in [0.3, 0.4) is 0 Å². The van der Waals surface area contributed by atoms with Gasteiger partial charge in [0, 0.05) is 26.2 Å². The van der Waals surface area contributed by atoms with Gasteiger partial charge in [0.1, 0.15) is 0 Å². The van der Waals surface area contributed by atoms with Gasteiger partial charge >= 0.3 is 12.0 Å². The Balaban J connectivity index is 2.79. The minimum atomic E-state index is -0.778. The zero-order valence-corrected chi connectivity index (χ0v) is 14.1. The first kappa shape index (κ1) is 17.8. The summed E-state index contributed by atoms with van der Waals surface area (Å²) < 4.78 is 0. The van der Waals surface area contributed by atoms with E-state index in [9.17, 15) is 14.7 Å². The monoisotopic (exact) mass is 298 g/mol. The molecule has 0 saturated carbocycles. The Labute approximate surface area is 128 Å². The molecule has 5 nitrogen and oxygen atoms in total. The summed E-state index contributed by atoms with van der Waals surface area (Å²) in [5, 5.41) is 9.44. The molecule has 1 atom stereocenters. The van der Waals surface area contributed by atoms with Crippen molar-refractivity contribution >= 4 is 12.0 Å². The maximum Gasteiger partial charge on any atom is 0.320 e. The molecule has 1 heterocycles. The van der Waals surface area contributed by atoms with Gasteiger partial charge in [-0.05, 0) is 24.7 Å².